The molecule has 1 aromatic heterocycles. The van der Waals surface area contributed by atoms with Crippen LogP contribution < -0.4 is 5.73 Å². The number of benzene rings is 2. The molecule has 0 aliphatic heterocycles. The monoisotopic (exact) mass is 276 g/mol. The molecule has 0 unspecified atom stereocenters. The first-order valence-electron chi connectivity index (χ1n) is 5.47. The number of rotatable bonds is 1. The van der Waals surface area contributed by atoms with Gasteiger partial charge in [0.05, 0.1) is 16.2 Å². The minimum Gasteiger partial charge on any atom is -0.399 e. The zero-order valence-corrected chi connectivity index (χ0v) is 10.9. The predicted molar refractivity (Wildman–Crippen MR) is 77.7 cm³/mol. The number of nitrogen functional groups attached to an aromatic ring is 1. The third-order valence-corrected chi connectivity index (χ3v) is 3.42. The van der Waals surface area contributed by atoms with Crippen LogP contribution in [0.1, 0.15) is 0 Å². The second kappa shape index (κ2) is 4.23. The molecule has 3 aromatic rings. The fraction of sp³-hybridized carbons (Fsp3) is 0. The highest BCUT2D eigenvalue weighted by Gasteiger charge is 2.07. The first-order valence-corrected chi connectivity index (χ1v) is 6.23. The van der Waals surface area contributed by atoms with Crippen molar-refractivity contribution in [1.29, 1.82) is 0 Å². The Bertz CT molecular complexity index is 732. The Labute approximate surface area is 115 Å². The van der Waals surface area contributed by atoms with Crippen LogP contribution in [-0.4, -0.2) is 4.57 Å². The molecule has 2 N–H and O–H groups in total. The standard InChI is InChI=1S/C14H10Cl2N2/c15-10-2-1-9-5-6-18(14(9)7-10)13-4-3-11(17)8-12(13)16/h1-8H,17H2. The van der Waals surface area contributed by atoms with E-state index in [0.717, 1.165) is 16.6 Å². The van der Waals surface area contributed by atoms with E-state index in [-0.39, 0.29) is 0 Å². The Balaban J connectivity index is 2.28. The molecule has 3 rings (SSSR count). The summed E-state index contributed by atoms with van der Waals surface area (Å²) >= 11 is 12.3. The summed E-state index contributed by atoms with van der Waals surface area (Å²) < 4.78 is 2.00. The molecule has 2 nitrogen and oxygen atoms in total. The molecule has 4 heteroatoms. The fourth-order valence-corrected chi connectivity index (χ4v) is 2.48. The van der Waals surface area contributed by atoms with Crippen molar-refractivity contribution in [2.24, 2.45) is 0 Å². The predicted octanol–water partition coefficient (Wildman–Crippen LogP) is 4.52. The number of halogens is 2. The molecule has 18 heavy (non-hydrogen) atoms. The largest absolute Gasteiger partial charge is 0.399 e. The number of nitrogens with two attached hydrogens (primary N) is 1. The van der Waals surface area contributed by atoms with Gasteiger partial charge in [0.15, 0.2) is 0 Å². The topological polar surface area (TPSA) is 30.9 Å². The van der Waals surface area contributed by atoms with E-state index in [1.165, 1.54) is 0 Å². The molecule has 0 aliphatic carbocycles. The lowest BCUT2D eigenvalue weighted by atomic mass is 10.2. The number of hydrogen-bond acceptors (Lipinski definition) is 1. The number of anilines is 1. The first kappa shape index (κ1) is 11.5. The Morgan fingerprint density at radius 1 is 0.944 bits per heavy atom. The highest BCUT2D eigenvalue weighted by atomic mass is 35.5. The van der Waals surface area contributed by atoms with Crippen molar-refractivity contribution < 1.29 is 0 Å². The Morgan fingerprint density at radius 3 is 2.56 bits per heavy atom. The molecule has 2 aromatic carbocycles. The van der Waals surface area contributed by atoms with E-state index in [1.807, 2.05) is 47.2 Å². The van der Waals surface area contributed by atoms with E-state index in [4.69, 9.17) is 28.9 Å². The third-order valence-electron chi connectivity index (χ3n) is 2.89. The molecule has 0 spiro atoms. The van der Waals surface area contributed by atoms with Gasteiger partial charge >= 0.3 is 0 Å². The van der Waals surface area contributed by atoms with E-state index >= 15 is 0 Å². The highest BCUT2D eigenvalue weighted by molar-refractivity contribution is 6.33. The van der Waals surface area contributed by atoms with E-state index in [0.29, 0.717) is 15.7 Å². The number of fused-ring (bicyclic) bond motifs is 1. The lowest BCUT2D eigenvalue weighted by molar-refractivity contribution is 1.13. The maximum absolute atomic E-state index is 6.23. The summed E-state index contributed by atoms with van der Waals surface area (Å²) in [7, 11) is 0. The third kappa shape index (κ3) is 1.84. The molecule has 0 radical (unpaired) electrons. The molecule has 0 aliphatic rings. The van der Waals surface area contributed by atoms with Crippen molar-refractivity contribution in [2.75, 3.05) is 5.73 Å². The van der Waals surface area contributed by atoms with Gasteiger partial charge in [-0.25, -0.2) is 0 Å². The van der Waals surface area contributed by atoms with Crippen molar-refractivity contribution in [3.8, 4) is 5.69 Å². The van der Waals surface area contributed by atoms with Crippen molar-refractivity contribution in [1.82, 2.24) is 4.57 Å². The van der Waals surface area contributed by atoms with Crippen molar-refractivity contribution >= 4 is 39.8 Å². The fourth-order valence-electron chi connectivity index (χ4n) is 2.03. The van der Waals surface area contributed by atoms with Crippen LogP contribution in [-0.2, 0) is 0 Å². The molecule has 0 saturated carbocycles. The minimum atomic E-state index is 0.618. The van der Waals surface area contributed by atoms with Crippen LogP contribution in [0.2, 0.25) is 10.0 Å². The van der Waals surface area contributed by atoms with Crippen molar-refractivity contribution in [2.45, 2.75) is 0 Å². The average Bonchev–Trinajstić information content (AvgIpc) is 2.72. The number of hydrogen-bond donors (Lipinski definition) is 1. The van der Waals surface area contributed by atoms with Crippen LogP contribution in [0.3, 0.4) is 0 Å². The summed E-state index contributed by atoms with van der Waals surface area (Å²) in [5.41, 5.74) is 8.27. The van der Waals surface area contributed by atoms with Gasteiger partial charge in [0.25, 0.3) is 0 Å². The molecular formula is C14H10Cl2N2. The SMILES string of the molecule is Nc1ccc(-n2ccc3ccc(Cl)cc32)c(Cl)c1. The molecule has 0 bridgehead atoms. The summed E-state index contributed by atoms with van der Waals surface area (Å²) in [6.45, 7) is 0. The van der Waals surface area contributed by atoms with Gasteiger partial charge in [-0.2, -0.15) is 0 Å². The Hall–Kier alpha value is -1.64. The van der Waals surface area contributed by atoms with E-state index in [9.17, 15) is 0 Å². The summed E-state index contributed by atoms with van der Waals surface area (Å²) in [5.74, 6) is 0. The van der Waals surface area contributed by atoms with Crippen LogP contribution in [0.25, 0.3) is 16.6 Å². The van der Waals surface area contributed by atoms with Crippen LogP contribution in [0.15, 0.2) is 48.7 Å². The average molecular weight is 277 g/mol. The van der Waals surface area contributed by atoms with Crippen molar-refractivity contribution in [3.05, 3.63) is 58.7 Å². The minimum absolute atomic E-state index is 0.618. The normalized spacial score (nSPS) is 11.0. The lowest BCUT2D eigenvalue weighted by Crippen LogP contribution is -1.94. The van der Waals surface area contributed by atoms with Crippen molar-refractivity contribution in [3.63, 3.8) is 0 Å². The van der Waals surface area contributed by atoms with Gasteiger partial charge in [-0.1, -0.05) is 29.3 Å². The highest BCUT2D eigenvalue weighted by Crippen LogP contribution is 2.28. The molecular weight excluding hydrogens is 267 g/mol. The zero-order chi connectivity index (χ0) is 12.7. The van der Waals surface area contributed by atoms with E-state index in [1.54, 1.807) is 6.07 Å². The summed E-state index contributed by atoms with van der Waals surface area (Å²) in [5, 5.41) is 2.44. The van der Waals surface area contributed by atoms with Crippen LogP contribution >= 0.6 is 23.2 Å². The Kier molecular flexibility index (Phi) is 2.69. The number of aromatic nitrogens is 1. The van der Waals surface area contributed by atoms with Gasteiger partial charge in [-0.3, -0.25) is 0 Å². The summed E-state index contributed by atoms with van der Waals surface area (Å²) in [4.78, 5) is 0. The molecule has 1 heterocycles. The van der Waals surface area contributed by atoms with Gasteiger partial charge in [-0.05, 0) is 36.4 Å². The maximum Gasteiger partial charge on any atom is 0.0666 e. The van der Waals surface area contributed by atoms with Gasteiger partial charge < -0.3 is 10.3 Å². The Morgan fingerprint density at radius 2 is 1.78 bits per heavy atom. The quantitative estimate of drug-likeness (QED) is 0.651. The van der Waals surface area contributed by atoms with Crippen LogP contribution in [0, 0.1) is 0 Å². The molecule has 0 atom stereocenters. The van der Waals surface area contributed by atoms with Gasteiger partial charge in [0.1, 0.15) is 0 Å². The second-order valence-corrected chi connectivity index (χ2v) is 4.94. The molecule has 0 saturated heterocycles. The molecule has 0 fully saturated rings. The van der Waals surface area contributed by atoms with Gasteiger partial charge in [-0.15, -0.1) is 0 Å². The maximum atomic E-state index is 6.23. The lowest BCUT2D eigenvalue weighted by Gasteiger charge is -2.08. The first-order chi connectivity index (χ1) is 8.65. The molecule has 0 amide bonds. The smallest absolute Gasteiger partial charge is 0.0666 e. The second-order valence-electron chi connectivity index (χ2n) is 4.10. The van der Waals surface area contributed by atoms with Gasteiger partial charge in [0.2, 0.25) is 0 Å². The molecule has 90 valence electrons. The van der Waals surface area contributed by atoms with Crippen LogP contribution in [0.5, 0.6) is 0 Å². The number of nitrogens with zero attached hydrogens (tertiary/aromatic N) is 1. The summed E-state index contributed by atoms with van der Waals surface area (Å²) in [6, 6.07) is 13.3. The zero-order valence-electron chi connectivity index (χ0n) is 9.40. The van der Waals surface area contributed by atoms with E-state index in [2.05, 4.69) is 0 Å². The van der Waals surface area contributed by atoms with E-state index < -0.39 is 0 Å². The van der Waals surface area contributed by atoms with Gasteiger partial charge in [0, 0.05) is 22.3 Å². The van der Waals surface area contributed by atoms with Crippen LogP contribution in [0.4, 0.5) is 5.69 Å². The summed E-state index contributed by atoms with van der Waals surface area (Å²) in [6.07, 6.45) is 1.97.